The molecule has 0 bridgehead atoms. The van der Waals surface area contributed by atoms with Crippen molar-refractivity contribution in [1.29, 1.82) is 0 Å². The van der Waals surface area contributed by atoms with Crippen molar-refractivity contribution in [2.75, 3.05) is 6.54 Å². The number of aromatic nitrogens is 2. The molecule has 1 saturated heterocycles. The lowest BCUT2D eigenvalue weighted by atomic mass is 10.2. The summed E-state index contributed by atoms with van der Waals surface area (Å²) in [4.78, 5) is 5.55. The molecule has 0 aromatic carbocycles. The molecular weight excluding hydrogens is 222 g/mol. The third-order valence-corrected chi connectivity index (χ3v) is 3.87. The minimum absolute atomic E-state index is 0.276. The lowest BCUT2D eigenvalue weighted by Gasteiger charge is -2.01. The highest BCUT2D eigenvalue weighted by molar-refractivity contribution is 7.13. The van der Waals surface area contributed by atoms with Gasteiger partial charge in [0.1, 0.15) is 0 Å². The second kappa shape index (κ2) is 3.99. The van der Waals surface area contributed by atoms with Gasteiger partial charge in [0.25, 0.3) is 5.89 Å². The van der Waals surface area contributed by atoms with E-state index in [4.69, 9.17) is 4.52 Å². The topological polar surface area (TPSA) is 51.0 Å². The maximum absolute atomic E-state index is 5.31. The molecule has 4 nitrogen and oxygen atoms in total. The smallest absolute Gasteiger partial charge is 0.268 e. The van der Waals surface area contributed by atoms with E-state index in [1.165, 1.54) is 12.0 Å². The van der Waals surface area contributed by atoms with Crippen LogP contribution in [0.5, 0.6) is 0 Å². The van der Waals surface area contributed by atoms with Crippen molar-refractivity contribution in [1.82, 2.24) is 15.5 Å². The summed E-state index contributed by atoms with van der Waals surface area (Å²) in [6.07, 6.45) is 2.29. The van der Waals surface area contributed by atoms with Gasteiger partial charge >= 0.3 is 0 Å². The van der Waals surface area contributed by atoms with E-state index >= 15 is 0 Å². The van der Waals surface area contributed by atoms with Crippen molar-refractivity contribution in [3.05, 3.63) is 22.8 Å². The summed E-state index contributed by atoms with van der Waals surface area (Å²) >= 11 is 1.64. The van der Waals surface area contributed by atoms with Gasteiger partial charge in [0, 0.05) is 0 Å². The standard InChI is InChI=1S/C11H13N3OS/c1-7-4-6-16-9(7)11-13-10(14-15-11)8-3-2-5-12-8/h4,6,8,12H,2-3,5H2,1H3. The number of nitrogens with zero attached hydrogens (tertiary/aromatic N) is 2. The van der Waals surface area contributed by atoms with E-state index in [0.717, 1.165) is 23.7 Å². The second-order valence-electron chi connectivity index (χ2n) is 4.04. The summed E-state index contributed by atoms with van der Waals surface area (Å²) in [5, 5.41) is 9.46. The van der Waals surface area contributed by atoms with Crippen LogP contribution in [0.3, 0.4) is 0 Å². The number of aryl methyl sites for hydroxylation is 1. The van der Waals surface area contributed by atoms with Crippen molar-refractivity contribution in [3.8, 4) is 10.8 Å². The van der Waals surface area contributed by atoms with Gasteiger partial charge in [-0.05, 0) is 43.3 Å². The fourth-order valence-corrected chi connectivity index (χ4v) is 2.81. The predicted molar refractivity (Wildman–Crippen MR) is 62.3 cm³/mol. The Bertz CT molecular complexity index is 485. The SMILES string of the molecule is Cc1ccsc1-c1nc(C2CCCN2)no1. The van der Waals surface area contributed by atoms with Crippen molar-refractivity contribution in [3.63, 3.8) is 0 Å². The molecule has 84 valence electrons. The molecule has 0 radical (unpaired) electrons. The van der Waals surface area contributed by atoms with Gasteiger partial charge in [-0.1, -0.05) is 5.16 Å². The molecule has 1 aliphatic heterocycles. The van der Waals surface area contributed by atoms with E-state index in [-0.39, 0.29) is 6.04 Å². The number of rotatable bonds is 2. The van der Waals surface area contributed by atoms with Gasteiger partial charge in [0.05, 0.1) is 10.9 Å². The summed E-state index contributed by atoms with van der Waals surface area (Å²) in [6.45, 7) is 3.11. The van der Waals surface area contributed by atoms with E-state index in [1.807, 2.05) is 5.38 Å². The van der Waals surface area contributed by atoms with Crippen molar-refractivity contribution < 1.29 is 4.52 Å². The molecule has 0 saturated carbocycles. The van der Waals surface area contributed by atoms with E-state index in [2.05, 4.69) is 28.4 Å². The third kappa shape index (κ3) is 1.66. The number of hydrogen-bond acceptors (Lipinski definition) is 5. The summed E-state index contributed by atoms with van der Waals surface area (Å²) in [6, 6.07) is 2.34. The van der Waals surface area contributed by atoms with Gasteiger partial charge in [0.15, 0.2) is 5.82 Å². The monoisotopic (exact) mass is 235 g/mol. The van der Waals surface area contributed by atoms with Crippen LogP contribution in [0, 0.1) is 6.92 Å². The first-order valence-corrected chi connectivity index (χ1v) is 6.34. The minimum atomic E-state index is 0.276. The summed E-state index contributed by atoms with van der Waals surface area (Å²) in [5.74, 6) is 1.44. The Hall–Kier alpha value is -1.20. The van der Waals surface area contributed by atoms with E-state index in [1.54, 1.807) is 11.3 Å². The molecule has 0 spiro atoms. The molecule has 0 aliphatic carbocycles. The van der Waals surface area contributed by atoms with Crippen LogP contribution < -0.4 is 5.32 Å². The molecule has 2 aromatic heterocycles. The lowest BCUT2D eigenvalue weighted by Crippen LogP contribution is -2.14. The van der Waals surface area contributed by atoms with Gasteiger partial charge in [-0.15, -0.1) is 11.3 Å². The molecule has 3 rings (SSSR count). The van der Waals surface area contributed by atoms with Gasteiger partial charge in [-0.25, -0.2) is 0 Å². The average Bonchev–Trinajstić information content (AvgIpc) is 2.96. The zero-order valence-corrected chi connectivity index (χ0v) is 9.88. The van der Waals surface area contributed by atoms with Gasteiger partial charge in [0.2, 0.25) is 0 Å². The number of hydrogen-bond donors (Lipinski definition) is 1. The number of thiophene rings is 1. The summed E-state index contributed by atoms with van der Waals surface area (Å²) in [7, 11) is 0. The highest BCUT2D eigenvalue weighted by Gasteiger charge is 2.22. The highest BCUT2D eigenvalue weighted by atomic mass is 32.1. The molecule has 5 heteroatoms. The number of nitrogens with one attached hydrogen (secondary N) is 1. The van der Waals surface area contributed by atoms with Crippen molar-refractivity contribution in [2.45, 2.75) is 25.8 Å². The summed E-state index contributed by atoms with van der Waals surface area (Å²) in [5.41, 5.74) is 1.19. The molecule has 1 fully saturated rings. The van der Waals surface area contributed by atoms with Crippen LogP contribution in [0.15, 0.2) is 16.0 Å². The van der Waals surface area contributed by atoms with Crippen LogP contribution in [0.25, 0.3) is 10.8 Å². The molecule has 16 heavy (non-hydrogen) atoms. The Morgan fingerprint density at radius 3 is 3.19 bits per heavy atom. The lowest BCUT2D eigenvalue weighted by molar-refractivity contribution is 0.413. The first-order valence-electron chi connectivity index (χ1n) is 5.46. The third-order valence-electron chi connectivity index (χ3n) is 2.87. The molecule has 2 aromatic rings. The van der Waals surface area contributed by atoms with E-state index < -0.39 is 0 Å². The fourth-order valence-electron chi connectivity index (χ4n) is 1.97. The zero-order valence-electron chi connectivity index (χ0n) is 9.06. The largest absolute Gasteiger partial charge is 0.333 e. The maximum atomic E-state index is 5.31. The van der Waals surface area contributed by atoms with Gasteiger partial charge in [-0.3, -0.25) is 0 Å². The molecule has 3 heterocycles. The van der Waals surface area contributed by atoms with Crippen LogP contribution in [0.4, 0.5) is 0 Å². The average molecular weight is 235 g/mol. The Morgan fingerprint density at radius 1 is 1.56 bits per heavy atom. The molecule has 1 N–H and O–H groups in total. The second-order valence-corrected chi connectivity index (χ2v) is 4.96. The molecular formula is C11H13N3OS. The van der Waals surface area contributed by atoms with E-state index in [0.29, 0.717) is 5.89 Å². The molecule has 1 aliphatic rings. The van der Waals surface area contributed by atoms with Crippen LogP contribution in [0.2, 0.25) is 0 Å². The van der Waals surface area contributed by atoms with Gasteiger partial charge < -0.3 is 9.84 Å². The summed E-state index contributed by atoms with van der Waals surface area (Å²) < 4.78 is 5.31. The predicted octanol–water partition coefficient (Wildman–Crippen LogP) is 2.53. The molecule has 1 atom stereocenters. The van der Waals surface area contributed by atoms with Crippen molar-refractivity contribution >= 4 is 11.3 Å². The van der Waals surface area contributed by atoms with E-state index in [9.17, 15) is 0 Å². The quantitative estimate of drug-likeness (QED) is 0.869. The highest BCUT2D eigenvalue weighted by Crippen LogP contribution is 2.29. The molecule has 0 amide bonds. The first-order chi connectivity index (χ1) is 7.84. The van der Waals surface area contributed by atoms with Crippen LogP contribution >= 0.6 is 11.3 Å². The van der Waals surface area contributed by atoms with Crippen LogP contribution in [-0.4, -0.2) is 16.7 Å². The van der Waals surface area contributed by atoms with Crippen LogP contribution in [0.1, 0.15) is 30.3 Å². The minimum Gasteiger partial charge on any atom is -0.333 e. The van der Waals surface area contributed by atoms with Gasteiger partial charge in [-0.2, -0.15) is 4.98 Å². The normalized spacial score (nSPS) is 20.4. The Kier molecular flexibility index (Phi) is 2.49. The maximum Gasteiger partial charge on any atom is 0.268 e. The fraction of sp³-hybridized carbons (Fsp3) is 0.455. The van der Waals surface area contributed by atoms with Crippen molar-refractivity contribution in [2.24, 2.45) is 0 Å². The Labute approximate surface area is 97.7 Å². The Morgan fingerprint density at radius 2 is 2.50 bits per heavy atom. The Balaban J connectivity index is 1.90. The zero-order chi connectivity index (χ0) is 11.0. The first kappa shape index (κ1) is 9.99. The van der Waals surface area contributed by atoms with Crippen LogP contribution in [-0.2, 0) is 0 Å². The molecule has 1 unspecified atom stereocenters.